The van der Waals surface area contributed by atoms with Crippen LogP contribution >= 0.6 is 11.6 Å². The maximum absolute atomic E-state index is 13.3. The smallest absolute Gasteiger partial charge is 0.243 e. The number of nitrogens with zero attached hydrogens (tertiary/aromatic N) is 3. The number of hydrogen-bond acceptors (Lipinski definition) is 3. The lowest BCUT2D eigenvalue weighted by molar-refractivity contribution is -0.136. The third-order valence-corrected chi connectivity index (χ3v) is 5.88. The number of carbonyl (C=O) groups excluding carboxylic acids is 1. The second-order valence-electron chi connectivity index (χ2n) is 7.66. The van der Waals surface area contributed by atoms with Gasteiger partial charge in [-0.2, -0.15) is 0 Å². The third kappa shape index (κ3) is 4.96. The summed E-state index contributed by atoms with van der Waals surface area (Å²) in [4.78, 5) is 20.1. The summed E-state index contributed by atoms with van der Waals surface area (Å²) in [6, 6.07) is 15.5. The molecule has 2 unspecified atom stereocenters. The number of ether oxygens (including phenoxy) is 1. The van der Waals surface area contributed by atoms with E-state index >= 15 is 0 Å². The van der Waals surface area contributed by atoms with Gasteiger partial charge in [0, 0.05) is 17.1 Å². The van der Waals surface area contributed by atoms with Gasteiger partial charge in [-0.3, -0.25) is 4.79 Å². The predicted molar refractivity (Wildman–Crippen MR) is 122 cm³/mol. The van der Waals surface area contributed by atoms with Crippen LogP contribution in [0.5, 0.6) is 5.75 Å². The van der Waals surface area contributed by atoms with Crippen LogP contribution in [-0.4, -0.2) is 32.4 Å². The van der Waals surface area contributed by atoms with Crippen LogP contribution in [0.3, 0.4) is 0 Å². The van der Waals surface area contributed by atoms with Crippen LogP contribution in [0.4, 0.5) is 0 Å². The fourth-order valence-electron chi connectivity index (χ4n) is 3.63. The lowest BCUT2D eigenvalue weighted by atomic mass is 10.1. The number of halogens is 1. The van der Waals surface area contributed by atoms with Gasteiger partial charge >= 0.3 is 0 Å². The van der Waals surface area contributed by atoms with E-state index in [2.05, 4.69) is 27.7 Å². The van der Waals surface area contributed by atoms with Crippen LogP contribution < -0.4 is 4.74 Å². The van der Waals surface area contributed by atoms with Gasteiger partial charge in [0.05, 0.1) is 11.0 Å². The molecule has 0 radical (unpaired) electrons. The molecular weight excluding hydrogens is 398 g/mol. The lowest BCUT2D eigenvalue weighted by Gasteiger charge is -2.34. The monoisotopic (exact) mass is 427 g/mol. The molecule has 160 valence electrons. The van der Waals surface area contributed by atoms with E-state index in [9.17, 15) is 4.79 Å². The van der Waals surface area contributed by atoms with Crippen molar-refractivity contribution in [1.29, 1.82) is 0 Å². The number of imidazole rings is 1. The zero-order valence-electron chi connectivity index (χ0n) is 18.1. The summed E-state index contributed by atoms with van der Waals surface area (Å²) in [6.45, 7) is 8.97. The Balaban J connectivity index is 1.88. The molecule has 30 heavy (non-hydrogen) atoms. The van der Waals surface area contributed by atoms with Crippen molar-refractivity contribution in [2.75, 3.05) is 0 Å². The Morgan fingerprint density at radius 1 is 1.07 bits per heavy atom. The first-order valence-electron chi connectivity index (χ1n) is 10.6. The summed E-state index contributed by atoms with van der Waals surface area (Å²) in [7, 11) is 0. The SMILES string of the molecule is CCC(C)N(C(=O)Cn1c(COc2ccc(Cl)cc2)nc2ccccc21)C(C)CC. The number of fused-ring (bicyclic) bond motifs is 1. The molecule has 3 rings (SSSR count). The molecule has 0 bridgehead atoms. The van der Waals surface area contributed by atoms with Crippen molar-refractivity contribution in [2.45, 2.75) is 65.8 Å². The summed E-state index contributed by atoms with van der Waals surface area (Å²) in [5.74, 6) is 1.55. The highest BCUT2D eigenvalue weighted by atomic mass is 35.5. The van der Waals surface area contributed by atoms with E-state index in [1.807, 2.05) is 45.9 Å². The second kappa shape index (κ2) is 9.98. The normalized spacial score (nSPS) is 13.2. The highest BCUT2D eigenvalue weighted by Crippen LogP contribution is 2.21. The van der Waals surface area contributed by atoms with Crippen molar-refractivity contribution in [3.05, 3.63) is 59.4 Å². The summed E-state index contributed by atoms with van der Waals surface area (Å²) >= 11 is 5.96. The van der Waals surface area contributed by atoms with Gasteiger partial charge in [0.15, 0.2) is 0 Å². The Hall–Kier alpha value is -2.53. The van der Waals surface area contributed by atoms with E-state index in [0.29, 0.717) is 10.8 Å². The Morgan fingerprint density at radius 2 is 1.70 bits per heavy atom. The number of benzene rings is 2. The van der Waals surface area contributed by atoms with Gasteiger partial charge in [0.25, 0.3) is 0 Å². The average Bonchev–Trinajstić information content (AvgIpc) is 3.10. The molecule has 0 saturated carbocycles. The van der Waals surface area contributed by atoms with Gasteiger partial charge in [0.2, 0.25) is 5.91 Å². The number of rotatable bonds is 9. The van der Waals surface area contributed by atoms with Crippen LogP contribution in [-0.2, 0) is 17.9 Å². The minimum absolute atomic E-state index is 0.106. The number of hydrogen-bond donors (Lipinski definition) is 0. The molecule has 6 heteroatoms. The summed E-state index contributed by atoms with van der Waals surface area (Å²) in [6.07, 6.45) is 1.85. The maximum atomic E-state index is 13.3. The molecule has 0 N–H and O–H groups in total. The predicted octanol–water partition coefficient (Wildman–Crippen LogP) is 5.69. The molecule has 0 spiro atoms. The molecule has 2 aromatic carbocycles. The molecule has 5 nitrogen and oxygen atoms in total. The van der Waals surface area contributed by atoms with Crippen molar-refractivity contribution >= 4 is 28.5 Å². The third-order valence-electron chi connectivity index (χ3n) is 5.63. The topological polar surface area (TPSA) is 47.4 Å². The summed E-state index contributed by atoms with van der Waals surface area (Å²) in [5, 5.41) is 0.662. The largest absolute Gasteiger partial charge is 0.486 e. The Labute approximate surface area is 183 Å². The Kier molecular flexibility index (Phi) is 7.38. The van der Waals surface area contributed by atoms with Gasteiger partial charge in [0.1, 0.15) is 24.7 Å². The first kappa shape index (κ1) is 22.2. The quantitative estimate of drug-likeness (QED) is 0.440. The van der Waals surface area contributed by atoms with Crippen LogP contribution in [0.25, 0.3) is 11.0 Å². The molecule has 1 heterocycles. The molecule has 0 aliphatic heterocycles. The zero-order valence-corrected chi connectivity index (χ0v) is 18.9. The van der Waals surface area contributed by atoms with Crippen LogP contribution in [0.15, 0.2) is 48.5 Å². The van der Waals surface area contributed by atoms with Crippen molar-refractivity contribution in [1.82, 2.24) is 14.5 Å². The lowest BCUT2D eigenvalue weighted by Crippen LogP contribution is -2.45. The maximum Gasteiger partial charge on any atom is 0.243 e. The standard InChI is InChI=1S/C24H30ClN3O2/c1-5-17(3)28(18(4)6-2)24(29)15-27-22-10-8-7-9-21(22)26-23(27)16-30-20-13-11-19(25)12-14-20/h7-14,17-18H,5-6,15-16H2,1-4H3. The average molecular weight is 428 g/mol. The number of aromatic nitrogens is 2. The minimum atomic E-state index is 0.106. The molecular formula is C24H30ClN3O2. The number of carbonyl (C=O) groups is 1. The van der Waals surface area contributed by atoms with Crippen molar-refractivity contribution in [3.8, 4) is 5.75 Å². The molecule has 1 aromatic heterocycles. The summed E-state index contributed by atoms with van der Waals surface area (Å²) < 4.78 is 7.91. The van der Waals surface area contributed by atoms with Crippen LogP contribution in [0.1, 0.15) is 46.4 Å². The molecule has 0 fully saturated rings. The fraction of sp³-hybridized carbons (Fsp3) is 0.417. The van der Waals surface area contributed by atoms with Crippen LogP contribution in [0, 0.1) is 0 Å². The van der Waals surface area contributed by atoms with E-state index in [4.69, 9.17) is 21.3 Å². The van der Waals surface area contributed by atoms with E-state index in [-0.39, 0.29) is 31.1 Å². The molecule has 0 aliphatic carbocycles. The fourth-order valence-corrected chi connectivity index (χ4v) is 3.75. The van der Waals surface area contributed by atoms with E-state index in [0.717, 1.165) is 29.7 Å². The molecule has 0 aliphatic rings. The van der Waals surface area contributed by atoms with Crippen molar-refractivity contribution < 1.29 is 9.53 Å². The summed E-state index contributed by atoms with van der Waals surface area (Å²) in [5.41, 5.74) is 1.80. The molecule has 3 aromatic rings. The van der Waals surface area contributed by atoms with Crippen molar-refractivity contribution in [2.24, 2.45) is 0 Å². The molecule has 1 amide bonds. The highest BCUT2D eigenvalue weighted by molar-refractivity contribution is 6.30. The zero-order chi connectivity index (χ0) is 21.7. The van der Waals surface area contributed by atoms with Gasteiger partial charge in [-0.1, -0.05) is 37.6 Å². The molecule has 2 atom stereocenters. The van der Waals surface area contributed by atoms with E-state index < -0.39 is 0 Å². The van der Waals surface area contributed by atoms with Gasteiger partial charge in [-0.15, -0.1) is 0 Å². The Morgan fingerprint density at radius 3 is 2.33 bits per heavy atom. The minimum Gasteiger partial charge on any atom is -0.486 e. The first-order chi connectivity index (χ1) is 14.4. The van der Waals surface area contributed by atoms with Crippen LogP contribution in [0.2, 0.25) is 5.02 Å². The van der Waals surface area contributed by atoms with E-state index in [1.54, 1.807) is 12.1 Å². The van der Waals surface area contributed by atoms with Gasteiger partial charge in [-0.25, -0.2) is 4.98 Å². The van der Waals surface area contributed by atoms with E-state index in [1.165, 1.54) is 0 Å². The number of amides is 1. The Bertz CT molecular complexity index is 974. The molecule has 0 saturated heterocycles. The first-order valence-corrected chi connectivity index (χ1v) is 11.0. The number of para-hydroxylation sites is 2. The van der Waals surface area contributed by atoms with Gasteiger partial charge in [-0.05, 0) is 63.1 Å². The second-order valence-corrected chi connectivity index (χ2v) is 8.10. The van der Waals surface area contributed by atoms with Gasteiger partial charge < -0.3 is 14.2 Å². The van der Waals surface area contributed by atoms with Crippen molar-refractivity contribution in [3.63, 3.8) is 0 Å². The highest BCUT2D eigenvalue weighted by Gasteiger charge is 2.25.